The molecule has 3 N–H and O–H groups in total. The van der Waals surface area contributed by atoms with E-state index in [1.54, 1.807) is 12.1 Å². The van der Waals surface area contributed by atoms with E-state index >= 15 is 0 Å². The molecule has 1 aliphatic rings. The van der Waals surface area contributed by atoms with Crippen LogP contribution in [0.1, 0.15) is 18.4 Å². The van der Waals surface area contributed by atoms with Crippen molar-refractivity contribution >= 4 is 11.7 Å². The summed E-state index contributed by atoms with van der Waals surface area (Å²) < 4.78 is 0. The Labute approximate surface area is 87.6 Å². The molecule has 1 aromatic carbocycles. The van der Waals surface area contributed by atoms with Gasteiger partial charge in [-0.2, -0.15) is 0 Å². The van der Waals surface area contributed by atoms with Crippen molar-refractivity contribution in [2.75, 3.05) is 5.32 Å². The average molecular weight is 207 g/mol. The van der Waals surface area contributed by atoms with Gasteiger partial charge in [0.1, 0.15) is 5.75 Å². The lowest BCUT2D eigenvalue weighted by Gasteiger charge is -2.25. The van der Waals surface area contributed by atoms with Crippen LogP contribution in [0.25, 0.3) is 0 Å². The molecule has 0 saturated carbocycles. The third-order valence-corrected chi connectivity index (χ3v) is 2.64. The second-order valence-corrected chi connectivity index (χ2v) is 3.82. The number of carbonyl (C=O) groups is 1. The highest BCUT2D eigenvalue weighted by Crippen LogP contribution is 2.28. The molecule has 80 valence electrons. The Morgan fingerprint density at radius 2 is 2.33 bits per heavy atom. The summed E-state index contributed by atoms with van der Waals surface area (Å²) >= 11 is 0. The summed E-state index contributed by atoms with van der Waals surface area (Å²) in [6.45, 7) is 0. The van der Waals surface area contributed by atoms with Gasteiger partial charge in [-0.15, -0.1) is 0 Å². The highest BCUT2D eigenvalue weighted by molar-refractivity contribution is 5.69. The molecule has 4 heteroatoms. The summed E-state index contributed by atoms with van der Waals surface area (Å²) in [7, 11) is 0. The van der Waals surface area contributed by atoms with Crippen molar-refractivity contribution in [1.29, 1.82) is 0 Å². The predicted octanol–water partition coefficient (Wildman–Crippen LogP) is 1.59. The van der Waals surface area contributed by atoms with Crippen LogP contribution in [0.2, 0.25) is 0 Å². The van der Waals surface area contributed by atoms with Crippen molar-refractivity contribution < 1.29 is 15.0 Å². The van der Waals surface area contributed by atoms with E-state index in [9.17, 15) is 9.90 Å². The number of carboxylic acids is 1. The average Bonchev–Trinajstić information content (AvgIpc) is 2.16. The minimum absolute atomic E-state index is 0.0307. The highest BCUT2D eigenvalue weighted by Gasteiger charge is 2.19. The monoisotopic (exact) mass is 207 g/mol. The molecule has 1 aromatic rings. The van der Waals surface area contributed by atoms with E-state index in [2.05, 4.69) is 5.32 Å². The number of aliphatic carboxylic acids is 1. The van der Waals surface area contributed by atoms with Crippen molar-refractivity contribution in [3.05, 3.63) is 23.8 Å². The van der Waals surface area contributed by atoms with E-state index in [1.807, 2.05) is 6.07 Å². The summed E-state index contributed by atoms with van der Waals surface area (Å²) in [5.41, 5.74) is 1.99. The largest absolute Gasteiger partial charge is 0.508 e. The molecule has 1 aliphatic heterocycles. The number of phenols is 1. The molecule has 1 heterocycles. The molecule has 0 radical (unpaired) electrons. The van der Waals surface area contributed by atoms with Crippen LogP contribution in [0.5, 0.6) is 5.75 Å². The normalized spacial score (nSPS) is 19.1. The lowest BCUT2D eigenvalue weighted by Crippen LogP contribution is -2.27. The van der Waals surface area contributed by atoms with E-state index in [-0.39, 0.29) is 18.2 Å². The highest BCUT2D eigenvalue weighted by atomic mass is 16.4. The summed E-state index contributed by atoms with van der Waals surface area (Å²) in [6, 6.07) is 5.13. The number of anilines is 1. The molecule has 4 nitrogen and oxygen atoms in total. The Morgan fingerprint density at radius 3 is 3.07 bits per heavy atom. The number of hydrogen-bond donors (Lipinski definition) is 3. The van der Waals surface area contributed by atoms with Crippen LogP contribution in [0.15, 0.2) is 18.2 Å². The predicted molar refractivity (Wildman–Crippen MR) is 56.1 cm³/mol. The first-order valence-corrected chi connectivity index (χ1v) is 4.95. The van der Waals surface area contributed by atoms with Gasteiger partial charge in [-0.05, 0) is 24.5 Å². The SMILES string of the molecule is O=C(O)CC1CCc2ccc(O)cc2N1. The van der Waals surface area contributed by atoms with E-state index in [0.717, 1.165) is 24.1 Å². The summed E-state index contributed by atoms with van der Waals surface area (Å²) in [5.74, 6) is -0.590. The number of aromatic hydroxyl groups is 1. The van der Waals surface area contributed by atoms with Gasteiger partial charge in [0.05, 0.1) is 6.42 Å². The Hall–Kier alpha value is -1.71. The minimum Gasteiger partial charge on any atom is -0.508 e. The molecular formula is C11H13NO3. The van der Waals surface area contributed by atoms with E-state index in [0.29, 0.717) is 0 Å². The van der Waals surface area contributed by atoms with Crippen LogP contribution in [0.3, 0.4) is 0 Å². The number of fused-ring (bicyclic) bond motifs is 1. The van der Waals surface area contributed by atoms with Gasteiger partial charge in [0.25, 0.3) is 0 Å². The number of hydrogen-bond acceptors (Lipinski definition) is 3. The number of nitrogens with one attached hydrogen (secondary N) is 1. The maximum absolute atomic E-state index is 10.6. The van der Waals surface area contributed by atoms with Crippen molar-refractivity contribution in [3.8, 4) is 5.75 Å². The van der Waals surface area contributed by atoms with Gasteiger partial charge in [-0.3, -0.25) is 4.79 Å². The molecular weight excluding hydrogens is 194 g/mol. The van der Waals surface area contributed by atoms with Gasteiger partial charge in [0, 0.05) is 17.8 Å². The van der Waals surface area contributed by atoms with Crippen LogP contribution in [-0.4, -0.2) is 22.2 Å². The van der Waals surface area contributed by atoms with Crippen LogP contribution < -0.4 is 5.32 Å². The van der Waals surface area contributed by atoms with E-state index < -0.39 is 5.97 Å². The number of benzene rings is 1. The van der Waals surface area contributed by atoms with Crippen molar-refractivity contribution in [2.24, 2.45) is 0 Å². The van der Waals surface area contributed by atoms with Crippen molar-refractivity contribution in [3.63, 3.8) is 0 Å². The van der Waals surface area contributed by atoms with E-state index in [1.165, 1.54) is 0 Å². The van der Waals surface area contributed by atoms with Gasteiger partial charge < -0.3 is 15.5 Å². The lowest BCUT2D eigenvalue weighted by molar-refractivity contribution is -0.137. The molecule has 0 saturated heterocycles. The first kappa shape index (κ1) is 9.83. The smallest absolute Gasteiger partial charge is 0.305 e. The molecule has 1 atom stereocenters. The molecule has 0 aromatic heterocycles. The Balaban J connectivity index is 2.14. The molecule has 0 spiro atoms. The molecule has 1 unspecified atom stereocenters. The third-order valence-electron chi connectivity index (χ3n) is 2.64. The first-order valence-electron chi connectivity index (χ1n) is 4.95. The van der Waals surface area contributed by atoms with Gasteiger partial charge in [0.15, 0.2) is 0 Å². The van der Waals surface area contributed by atoms with Gasteiger partial charge in [-0.1, -0.05) is 6.07 Å². The van der Waals surface area contributed by atoms with Crippen LogP contribution in [-0.2, 0) is 11.2 Å². The quantitative estimate of drug-likeness (QED) is 0.688. The molecule has 0 amide bonds. The Kier molecular flexibility index (Phi) is 2.49. The van der Waals surface area contributed by atoms with Crippen molar-refractivity contribution in [2.45, 2.75) is 25.3 Å². The van der Waals surface area contributed by atoms with Gasteiger partial charge in [0.2, 0.25) is 0 Å². The fraction of sp³-hybridized carbons (Fsp3) is 0.364. The van der Waals surface area contributed by atoms with Crippen LogP contribution in [0.4, 0.5) is 5.69 Å². The first-order chi connectivity index (χ1) is 7.15. The topological polar surface area (TPSA) is 69.6 Å². The Bertz CT molecular complexity index is 389. The van der Waals surface area contributed by atoms with Gasteiger partial charge in [-0.25, -0.2) is 0 Å². The number of carboxylic acid groups (broad SMARTS) is 1. The Morgan fingerprint density at radius 1 is 1.53 bits per heavy atom. The molecule has 0 aliphatic carbocycles. The fourth-order valence-electron chi connectivity index (χ4n) is 1.90. The maximum atomic E-state index is 10.6. The van der Waals surface area contributed by atoms with Crippen LogP contribution in [0, 0.1) is 0 Å². The summed E-state index contributed by atoms with van der Waals surface area (Å²) in [4.78, 5) is 10.6. The molecule has 0 fully saturated rings. The number of phenolic OH excluding ortho intramolecular Hbond substituents is 1. The van der Waals surface area contributed by atoms with Crippen LogP contribution >= 0.6 is 0 Å². The standard InChI is InChI=1S/C11H13NO3/c13-9-4-2-7-1-3-8(5-11(14)15)12-10(7)6-9/h2,4,6,8,12-13H,1,3,5H2,(H,14,15). The zero-order chi connectivity index (χ0) is 10.8. The zero-order valence-corrected chi connectivity index (χ0v) is 8.23. The molecule has 2 rings (SSSR count). The van der Waals surface area contributed by atoms with Gasteiger partial charge >= 0.3 is 5.97 Å². The third kappa shape index (κ3) is 2.21. The number of aryl methyl sites for hydroxylation is 1. The van der Waals surface area contributed by atoms with E-state index in [4.69, 9.17) is 5.11 Å². The lowest BCUT2D eigenvalue weighted by atomic mass is 9.96. The second-order valence-electron chi connectivity index (χ2n) is 3.82. The maximum Gasteiger partial charge on any atom is 0.305 e. The minimum atomic E-state index is -0.795. The number of rotatable bonds is 2. The molecule has 0 bridgehead atoms. The fourth-order valence-corrected chi connectivity index (χ4v) is 1.90. The van der Waals surface area contributed by atoms with Crippen molar-refractivity contribution in [1.82, 2.24) is 0 Å². The summed E-state index contributed by atoms with van der Waals surface area (Å²) in [6.07, 6.45) is 1.81. The second kappa shape index (κ2) is 3.81. The summed E-state index contributed by atoms with van der Waals surface area (Å²) in [5, 5.41) is 21.1. The molecule has 15 heavy (non-hydrogen) atoms. The zero-order valence-electron chi connectivity index (χ0n) is 8.23.